The standard InChI is InChI=1S/C15H24N2O3/c1-10(2)8-17(9-14(16)19)12-6-5-7-13(20-4)15(12)11(3)18/h5-7,10-11,18H,8-9H2,1-4H3,(H2,16,19)/t11-/m0/s1. The first kappa shape index (κ1) is 16.3. The van der Waals surface area contributed by atoms with E-state index in [9.17, 15) is 9.90 Å². The van der Waals surface area contributed by atoms with Gasteiger partial charge in [0.05, 0.1) is 19.8 Å². The largest absolute Gasteiger partial charge is 0.496 e. The third kappa shape index (κ3) is 4.13. The quantitative estimate of drug-likeness (QED) is 0.797. The number of nitrogens with two attached hydrogens (primary N) is 1. The van der Waals surface area contributed by atoms with E-state index in [2.05, 4.69) is 13.8 Å². The topological polar surface area (TPSA) is 75.8 Å². The van der Waals surface area contributed by atoms with Crippen LogP contribution < -0.4 is 15.4 Å². The maximum absolute atomic E-state index is 11.3. The number of amides is 1. The van der Waals surface area contributed by atoms with Gasteiger partial charge in [0.25, 0.3) is 0 Å². The Labute approximate surface area is 120 Å². The first-order valence-electron chi connectivity index (χ1n) is 6.75. The molecule has 1 aromatic carbocycles. The second-order valence-electron chi connectivity index (χ2n) is 5.31. The van der Waals surface area contributed by atoms with Crippen LogP contribution in [0.25, 0.3) is 0 Å². The maximum atomic E-state index is 11.3. The normalized spacial score (nSPS) is 12.3. The van der Waals surface area contributed by atoms with Crippen LogP contribution in [-0.4, -0.2) is 31.2 Å². The summed E-state index contributed by atoms with van der Waals surface area (Å²) in [5.41, 5.74) is 6.79. The van der Waals surface area contributed by atoms with Gasteiger partial charge in [-0.25, -0.2) is 0 Å². The van der Waals surface area contributed by atoms with E-state index in [0.717, 1.165) is 5.69 Å². The number of ether oxygens (including phenoxy) is 1. The van der Waals surface area contributed by atoms with E-state index in [4.69, 9.17) is 10.5 Å². The fourth-order valence-corrected chi connectivity index (χ4v) is 2.28. The van der Waals surface area contributed by atoms with Crippen LogP contribution in [0.2, 0.25) is 0 Å². The zero-order chi connectivity index (χ0) is 15.3. The predicted molar refractivity (Wildman–Crippen MR) is 79.9 cm³/mol. The van der Waals surface area contributed by atoms with E-state index < -0.39 is 12.0 Å². The monoisotopic (exact) mass is 280 g/mol. The van der Waals surface area contributed by atoms with Crippen LogP contribution in [0.5, 0.6) is 5.75 Å². The van der Waals surface area contributed by atoms with Gasteiger partial charge in [-0.2, -0.15) is 0 Å². The average molecular weight is 280 g/mol. The lowest BCUT2D eigenvalue weighted by Gasteiger charge is -2.29. The molecule has 112 valence electrons. The summed E-state index contributed by atoms with van der Waals surface area (Å²) < 4.78 is 5.30. The summed E-state index contributed by atoms with van der Waals surface area (Å²) in [6.45, 7) is 6.60. The molecule has 1 atom stereocenters. The number of aliphatic hydroxyl groups excluding tert-OH is 1. The third-order valence-corrected chi connectivity index (χ3v) is 2.95. The van der Waals surface area contributed by atoms with Crippen LogP contribution in [-0.2, 0) is 4.79 Å². The Morgan fingerprint density at radius 3 is 2.50 bits per heavy atom. The Bertz CT molecular complexity index is 458. The SMILES string of the molecule is COc1cccc(N(CC(N)=O)CC(C)C)c1[C@H](C)O. The molecule has 0 heterocycles. The molecule has 0 radical (unpaired) electrons. The highest BCUT2D eigenvalue weighted by atomic mass is 16.5. The van der Waals surface area contributed by atoms with Gasteiger partial charge in [0.15, 0.2) is 0 Å². The Balaban J connectivity index is 3.27. The lowest BCUT2D eigenvalue weighted by Crippen LogP contribution is -2.37. The minimum absolute atomic E-state index is 0.116. The van der Waals surface area contributed by atoms with Crippen molar-refractivity contribution in [1.82, 2.24) is 0 Å². The molecule has 0 saturated heterocycles. The van der Waals surface area contributed by atoms with Crippen LogP contribution in [0.3, 0.4) is 0 Å². The molecule has 0 bridgehead atoms. The van der Waals surface area contributed by atoms with E-state index in [1.807, 2.05) is 17.0 Å². The number of hydrogen-bond donors (Lipinski definition) is 2. The molecule has 1 amide bonds. The Morgan fingerprint density at radius 2 is 2.05 bits per heavy atom. The minimum Gasteiger partial charge on any atom is -0.496 e. The number of benzene rings is 1. The van der Waals surface area contributed by atoms with Crippen molar-refractivity contribution < 1.29 is 14.6 Å². The second-order valence-corrected chi connectivity index (χ2v) is 5.31. The molecule has 1 rings (SSSR count). The summed E-state index contributed by atoms with van der Waals surface area (Å²) in [6.07, 6.45) is -0.691. The van der Waals surface area contributed by atoms with Crippen molar-refractivity contribution >= 4 is 11.6 Å². The summed E-state index contributed by atoms with van der Waals surface area (Å²) in [6, 6.07) is 5.51. The van der Waals surface area contributed by atoms with E-state index in [0.29, 0.717) is 23.8 Å². The number of methoxy groups -OCH3 is 1. The second kappa shape index (κ2) is 7.14. The first-order valence-corrected chi connectivity index (χ1v) is 6.75. The van der Waals surface area contributed by atoms with E-state index >= 15 is 0 Å². The molecule has 0 aliphatic heterocycles. The highest BCUT2D eigenvalue weighted by molar-refractivity contribution is 5.80. The Hall–Kier alpha value is -1.75. The van der Waals surface area contributed by atoms with Crippen molar-refractivity contribution in [2.75, 3.05) is 25.1 Å². The summed E-state index contributed by atoms with van der Waals surface area (Å²) in [7, 11) is 1.56. The summed E-state index contributed by atoms with van der Waals surface area (Å²) >= 11 is 0. The van der Waals surface area contributed by atoms with Gasteiger partial charge in [-0.3, -0.25) is 4.79 Å². The highest BCUT2D eigenvalue weighted by Gasteiger charge is 2.20. The van der Waals surface area contributed by atoms with Crippen molar-refractivity contribution in [3.05, 3.63) is 23.8 Å². The van der Waals surface area contributed by atoms with E-state index in [1.165, 1.54) is 0 Å². The van der Waals surface area contributed by atoms with Gasteiger partial charge >= 0.3 is 0 Å². The molecule has 0 unspecified atom stereocenters. The molecule has 0 fully saturated rings. The van der Waals surface area contributed by atoms with Crippen molar-refractivity contribution in [3.63, 3.8) is 0 Å². The number of carbonyl (C=O) groups excluding carboxylic acids is 1. The number of nitrogens with zero attached hydrogens (tertiary/aromatic N) is 1. The van der Waals surface area contributed by atoms with E-state index in [-0.39, 0.29) is 6.54 Å². The van der Waals surface area contributed by atoms with Gasteiger partial charge in [0.1, 0.15) is 5.75 Å². The van der Waals surface area contributed by atoms with Gasteiger partial charge in [0, 0.05) is 17.8 Å². The molecule has 0 aliphatic rings. The van der Waals surface area contributed by atoms with Crippen LogP contribution in [0, 0.1) is 5.92 Å². The lowest BCUT2D eigenvalue weighted by molar-refractivity contribution is -0.116. The molecule has 0 spiro atoms. The number of primary amides is 1. The molecule has 0 saturated carbocycles. The van der Waals surface area contributed by atoms with Gasteiger partial charge in [-0.1, -0.05) is 19.9 Å². The Morgan fingerprint density at radius 1 is 1.40 bits per heavy atom. The van der Waals surface area contributed by atoms with Crippen molar-refractivity contribution in [3.8, 4) is 5.75 Å². The van der Waals surface area contributed by atoms with Crippen molar-refractivity contribution in [2.45, 2.75) is 26.9 Å². The van der Waals surface area contributed by atoms with Crippen molar-refractivity contribution in [2.24, 2.45) is 11.7 Å². The molecule has 0 aromatic heterocycles. The number of carbonyl (C=O) groups is 1. The highest BCUT2D eigenvalue weighted by Crippen LogP contribution is 2.34. The molecule has 0 aliphatic carbocycles. The number of hydrogen-bond acceptors (Lipinski definition) is 4. The minimum atomic E-state index is -0.691. The van der Waals surface area contributed by atoms with Crippen LogP contribution in [0.15, 0.2) is 18.2 Å². The summed E-state index contributed by atoms with van der Waals surface area (Å²) in [5, 5.41) is 10.0. The smallest absolute Gasteiger partial charge is 0.236 e. The van der Waals surface area contributed by atoms with Gasteiger partial charge < -0.3 is 20.5 Å². The molecule has 3 N–H and O–H groups in total. The molecule has 5 nitrogen and oxygen atoms in total. The number of rotatable bonds is 7. The van der Waals surface area contributed by atoms with E-state index in [1.54, 1.807) is 20.1 Å². The van der Waals surface area contributed by atoms with Crippen LogP contribution in [0.4, 0.5) is 5.69 Å². The lowest BCUT2D eigenvalue weighted by atomic mass is 10.0. The van der Waals surface area contributed by atoms with Gasteiger partial charge in [0.2, 0.25) is 5.91 Å². The van der Waals surface area contributed by atoms with Crippen molar-refractivity contribution in [1.29, 1.82) is 0 Å². The molecule has 1 aromatic rings. The molecule has 20 heavy (non-hydrogen) atoms. The Kier molecular flexibility index (Phi) is 5.82. The molecular formula is C15H24N2O3. The van der Waals surface area contributed by atoms with Crippen LogP contribution >= 0.6 is 0 Å². The van der Waals surface area contributed by atoms with Gasteiger partial charge in [-0.15, -0.1) is 0 Å². The summed E-state index contributed by atoms with van der Waals surface area (Å²) in [4.78, 5) is 13.2. The average Bonchev–Trinajstić information content (AvgIpc) is 2.35. The fraction of sp³-hybridized carbons (Fsp3) is 0.533. The number of aliphatic hydroxyl groups is 1. The fourth-order valence-electron chi connectivity index (χ4n) is 2.28. The van der Waals surface area contributed by atoms with Gasteiger partial charge in [-0.05, 0) is 25.0 Å². The third-order valence-electron chi connectivity index (χ3n) is 2.95. The molecule has 5 heteroatoms. The zero-order valence-electron chi connectivity index (χ0n) is 12.6. The predicted octanol–water partition coefficient (Wildman–Crippen LogP) is 1.70. The van der Waals surface area contributed by atoms with Crippen LogP contribution in [0.1, 0.15) is 32.4 Å². The molecular weight excluding hydrogens is 256 g/mol. The summed E-state index contributed by atoms with van der Waals surface area (Å²) in [5.74, 6) is 0.572. The maximum Gasteiger partial charge on any atom is 0.236 e. The zero-order valence-corrected chi connectivity index (χ0v) is 12.6. The first-order chi connectivity index (χ1) is 9.36. The number of anilines is 1.